The van der Waals surface area contributed by atoms with Gasteiger partial charge in [-0.2, -0.15) is 0 Å². The standard InChI is InChI=1S/C32H31N5O3/c1-39-32(38)23-4-2-21(3-5-23)17-36-18-26-14-25(36)19-37(26)20-31-34-29-11-10-28(15-30(29)35-31)40-27-8-6-22(7-9-27)24-12-13-33-16-24/h2-13,15,25-26H,14,16-20H2,1H3,(H,34,35)/t25-,26-/m0/s1. The molecule has 8 nitrogen and oxygen atoms in total. The van der Waals surface area contributed by atoms with E-state index in [9.17, 15) is 4.79 Å². The van der Waals surface area contributed by atoms with Crippen LogP contribution < -0.4 is 4.74 Å². The number of nitrogens with one attached hydrogen (secondary N) is 1. The zero-order valence-corrected chi connectivity index (χ0v) is 22.4. The number of imidazole rings is 1. The van der Waals surface area contributed by atoms with Crippen molar-refractivity contribution in [1.82, 2.24) is 19.8 Å². The number of allylic oxidation sites excluding steroid dienone is 1. The van der Waals surface area contributed by atoms with Crippen molar-refractivity contribution in [2.75, 3.05) is 26.7 Å². The fourth-order valence-electron chi connectivity index (χ4n) is 6.10. The van der Waals surface area contributed by atoms with Crippen molar-refractivity contribution in [1.29, 1.82) is 0 Å². The number of hydrogen-bond donors (Lipinski definition) is 1. The molecule has 0 radical (unpaired) electrons. The summed E-state index contributed by atoms with van der Waals surface area (Å²) in [5.74, 6) is 2.28. The van der Waals surface area contributed by atoms with Crippen LogP contribution in [0.15, 0.2) is 77.8 Å². The molecule has 7 rings (SSSR count). The quantitative estimate of drug-likeness (QED) is 0.319. The summed E-state index contributed by atoms with van der Waals surface area (Å²) in [7, 11) is 1.41. The normalized spacial score (nSPS) is 20.4. The smallest absolute Gasteiger partial charge is 0.337 e. The van der Waals surface area contributed by atoms with Gasteiger partial charge in [-0.3, -0.25) is 14.8 Å². The van der Waals surface area contributed by atoms with Gasteiger partial charge in [-0.05, 0) is 65.6 Å². The van der Waals surface area contributed by atoms with E-state index < -0.39 is 0 Å². The van der Waals surface area contributed by atoms with Gasteiger partial charge in [-0.15, -0.1) is 0 Å². The van der Waals surface area contributed by atoms with Crippen LogP contribution >= 0.6 is 0 Å². The van der Waals surface area contributed by atoms with Crippen molar-refractivity contribution in [3.8, 4) is 11.5 Å². The predicted molar refractivity (Wildman–Crippen MR) is 155 cm³/mol. The van der Waals surface area contributed by atoms with Gasteiger partial charge in [0.2, 0.25) is 0 Å². The van der Waals surface area contributed by atoms with E-state index in [0.29, 0.717) is 17.6 Å². The lowest BCUT2D eigenvalue weighted by molar-refractivity contribution is 0.0600. The molecule has 1 aromatic heterocycles. The number of hydrogen-bond acceptors (Lipinski definition) is 7. The number of carbonyl (C=O) groups is 1. The molecule has 0 saturated carbocycles. The molecule has 3 aliphatic heterocycles. The Kier molecular flexibility index (Phi) is 6.42. The number of benzene rings is 3. The van der Waals surface area contributed by atoms with Gasteiger partial charge in [-0.25, -0.2) is 9.78 Å². The van der Waals surface area contributed by atoms with Gasteiger partial charge in [-0.1, -0.05) is 24.3 Å². The van der Waals surface area contributed by atoms with Crippen LogP contribution in [0.4, 0.5) is 0 Å². The van der Waals surface area contributed by atoms with Crippen LogP contribution in [0.5, 0.6) is 11.5 Å². The van der Waals surface area contributed by atoms with Gasteiger partial charge in [0.25, 0.3) is 0 Å². The summed E-state index contributed by atoms with van der Waals surface area (Å²) in [6.45, 7) is 4.54. The lowest BCUT2D eigenvalue weighted by Crippen LogP contribution is -2.45. The first-order valence-electron chi connectivity index (χ1n) is 13.7. The number of methoxy groups -OCH3 is 1. The minimum atomic E-state index is -0.296. The van der Waals surface area contributed by atoms with Crippen LogP contribution in [0.1, 0.15) is 33.7 Å². The summed E-state index contributed by atoms with van der Waals surface area (Å²) in [6, 6.07) is 23.0. The predicted octanol–water partition coefficient (Wildman–Crippen LogP) is 5.07. The van der Waals surface area contributed by atoms with E-state index in [1.165, 1.54) is 30.2 Å². The van der Waals surface area contributed by atoms with Crippen molar-refractivity contribution >= 4 is 28.8 Å². The Morgan fingerprint density at radius 1 is 0.950 bits per heavy atom. The summed E-state index contributed by atoms with van der Waals surface area (Å²) in [5, 5.41) is 0. The maximum Gasteiger partial charge on any atom is 0.337 e. The number of H-pyrrole nitrogens is 1. The van der Waals surface area contributed by atoms with Crippen molar-refractivity contribution < 1.29 is 14.3 Å². The van der Waals surface area contributed by atoms with Crippen LogP contribution in [0.2, 0.25) is 0 Å². The SMILES string of the molecule is COC(=O)c1ccc(CN2C[C@@H]3C[C@H]2CN3Cc2nc3ccc(Oc4ccc(C5=CC=NC5)cc4)cc3[nH]2)cc1. The molecule has 1 N–H and O–H groups in total. The molecule has 2 atom stereocenters. The van der Waals surface area contributed by atoms with Crippen molar-refractivity contribution in [2.24, 2.45) is 4.99 Å². The Bertz CT molecular complexity index is 1610. The van der Waals surface area contributed by atoms with Gasteiger partial charge in [0.05, 0.1) is 36.8 Å². The van der Waals surface area contributed by atoms with Crippen molar-refractivity contribution in [2.45, 2.75) is 31.6 Å². The maximum atomic E-state index is 11.7. The molecular weight excluding hydrogens is 502 g/mol. The van der Waals surface area contributed by atoms with Crippen molar-refractivity contribution in [3.63, 3.8) is 0 Å². The monoisotopic (exact) mass is 533 g/mol. The molecule has 2 bridgehead atoms. The molecule has 0 unspecified atom stereocenters. The van der Waals surface area contributed by atoms with E-state index in [2.05, 4.69) is 38.0 Å². The number of piperazine rings is 1. The highest BCUT2D eigenvalue weighted by Crippen LogP contribution is 2.33. The number of nitrogens with zero attached hydrogens (tertiary/aromatic N) is 4. The number of aromatic amines is 1. The second kappa shape index (κ2) is 10.4. The van der Waals surface area contributed by atoms with Crippen LogP contribution in [-0.4, -0.2) is 70.8 Å². The average molecular weight is 534 g/mol. The molecule has 0 spiro atoms. The highest BCUT2D eigenvalue weighted by atomic mass is 16.5. The van der Waals surface area contributed by atoms with Crippen LogP contribution in [-0.2, 0) is 17.8 Å². The molecular formula is C32H31N5O3. The minimum absolute atomic E-state index is 0.296. The zero-order chi connectivity index (χ0) is 27.1. The molecule has 40 heavy (non-hydrogen) atoms. The van der Waals surface area contributed by atoms with Gasteiger partial charge in [0.1, 0.15) is 17.3 Å². The first-order chi connectivity index (χ1) is 19.6. The van der Waals surface area contributed by atoms with Gasteiger partial charge in [0.15, 0.2) is 0 Å². The molecule has 202 valence electrons. The Hall–Kier alpha value is -4.27. The first kappa shape index (κ1) is 24.7. The maximum absolute atomic E-state index is 11.7. The summed E-state index contributed by atoms with van der Waals surface area (Å²) < 4.78 is 10.9. The highest BCUT2D eigenvalue weighted by molar-refractivity contribution is 5.90. The number of carbonyl (C=O) groups excluding carboxylic acids is 1. The van der Waals surface area contributed by atoms with E-state index in [4.69, 9.17) is 14.5 Å². The molecule has 8 heteroatoms. The number of likely N-dealkylation sites (tertiary alicyclic amines) is 2. The van der Waals surface area contributed by atoms with E-state index in [1.807, 2.05) is 60.8 Å². The van der Waals surface area contributed by atoms with Crippen molar-refractivity contribution in [3.05, 3.63) is 95.3 Å². The van der Waals surface area contributed by atoms with E-state index in [-0.39, 0.29) is 5.97 Å². The van der Waals surface area contributed by atoms with Gasteiger partial charge in [0, 0.05) is 44.0 Å². The molecule has 3 aliphatic rings. The number of rotatable bonds is 8. The minimum Gasteiger partial charge on any atom is -0.465 e. The number of ether oxygens (including phenoxy) is 2. The summed E-state index contributed by atoms with van der Waals surface area (Å²) in [5.41, 5.74) is 6.15. The highest BCUT2D eigenvalue weighted by Gasteiger charge is 2.43. The lowest BCUT2D eigenvalue weighted by atomic mass is 10.1. The topological polar surface area (TPSA) is 83.1 Å². The molecule has 0 aliphatic carbocycles. The van der Waals surface area contributed by atoms with E-state index >= 15 is 0 Å². The number of fused-ring (bicyclic) bond motifs is 3. The second-order valence-corrected chi connectivity index (χ2v) is 10.8. The molecule has 3 aromatic carbocycles. The number of aromatic nitrogens is 2. The van der Waals surface area contributed by atoms with Crippen LogP contribution in [0.3, 0.4) is 0 Å². The summed E-state index contributed by atoms with van der Waals surface area (Å²) in [6.07, 6.45) is 5.09. The van der Waals surface area contributed by atoms with Gasteiger partial charge >= 0.3 is 5.97 Å². The molecule has 2 fully saturated rings. The number of esters is 1. The molecule has 0 amide bonds. The Balaban J connectivity index is 0.957. The van der Waals surface area contributed by atoms with Crippen LogP contribution in [0.25, 0.3) is 16.6 Å². The second-order valence-electron chi connectivity index (χ2n) is 10.8. The Morgan fingerprint density at radius 2 is 1.70 bits per heavy atom. The summed E-state index contributed by atoms with van der Waals surface area (Å²) >= 11 is 0. The van der Waals surface area contributed by atoms with E-state index in [0.717, 1.165) is 61.1 Å². The molecule has 2 saturated heterocycles. The third kappa shape index (κ3) is 4.92. The molecule has 4 aromatic rings. The van der Waals surface area contributed by atoms with Gasteiger partial charge < -0.3 is 14.5 Å². The summed E-state index contributed by atoms with van der Waals surface area (Å²) in [4.78, 5) is 29.4. The fraction of sp³-hybridized carbons (Fsp3) is 0.281. The number of aliphatic imine (C=N–C) groups is 1. The van der Waals surface area contributed by atoms with Crippen LogP contribution in [0, 0.1) is 0 Å². The third-order valence-corrected chi connectivity index (χ3v) is 8.19. The zero-order valence-electron chi connectivity index (χ0n) is 22.4. The lowest BCUT2D eigenvalue weighted by Gasteiger charge is -2.33. The third-order valence-electron chi connectivity index (χ3n) is 8.19. The fourth-order valence-corrected chi connectivity index (χ4v) is 6.10. The average Bonchev–Trinajstić information content (AvgIpc) is 3.78. The first-order valence-corrected chi connectivity index (χ1v) is 13.7. The Morgan fingerprint density at radius 3 is 2.40 bits per heavy atom. The molecule has 4 heterocycles. The largest absolute Gasteiger partial charge is 0.465 e. The Labute approximate surface area is 232 Å². The van der Waals surface area contributed by atoms with E-state index in [1.54, 1.807) is 0 Å².